The molecule has 0 aliphatic carbocycles. The summed E-state index contributed by atoms with van der Waals surface area (Å²) in [5, 5.41) is 20.3. The molecule has 1 saturated heterocycles. The first kappa shape index (κ1) is 12.8. The summed E-state index contributed by atoms with van der Waals surface area (Å²) in [5.74, 6) is 0. The number of morpholine rings is 1. The molecule has 1 N–H and O–H groups in total. The van der Waals surface area contributed by atoms with Gasteiger partial charge in [0.2, 0.25) is 0 Å². The van der Waals surface area contributed by atoms with Gasteiger partial charge < -0.3 is 14.7 Å². The van der Waals surface area contributed by atoms with Crippen molar-refractivity contribution in [1.29, 1.82) is 0 Å². The molecule has 1 heterocycles. The second-order valence-electron chi connectivity index (χ2n) is 4.28. The van der Waals surface area contributed by atoms with Gasteiger partial charge in [-0.25, -0.2) is 0 Å². The number of nitro benzene ring substituents is 1. The molecule has 0 amide bonds. The Morgan fingerprint density at radius 1 is 1.61 bits per heavy atom. The van der Waals surface area contributed by atoms with Crippen molar-refractivity contribution >= 4 is 11.4 Å². The average Bonchev–Trinajstić information content (AvgIpc) is 2.38. The van der Waals surface area contributed by atoms with Crippen LogP contribution in [0.15, 0.2) is 18.2 Å². The Labute approximate surface area is 105 Å². The molecule has 98 valence electrons. The van der Waals surface area contributed by atoms with E-state index >= 15 is 0 Å². The lowest BCUT2D eigenvalue weighted by Gasteiger charge is -2.37. The molecule has 0 bridgehead atoms. The van der Waals surface area contributed by atoms with Crippen LogP contribution in [0.4, 0.5) is 11.4 Å². The van der Waals surface area contributed by atoms with Crippen molar-refractivity contribution in [2.75, 3.05) is 31.3 Å². The number of aliphatic hydroxyl groups is 1. The summed E-state index contributed by atoms with van der Waals surface area (Å²) in [6.45, 7) is 3.35. The minimum Gasteiger partial charge on any atom is -0.394 e. The molecule has 1 fully saturated rings. The fourth-order valence-electron chi connectivity index (χ4n) is 2.24. The second kappa shape index (κ2) is 5.32. The van der Waals surface area contributed by atoms with Gasteiger partial charge in [-0.3, -0.25) is 10.1 Å². The molecule has 1 atom stereocenters. The predicted octanol–water partition coefficient (Wildman–Crippen LogP) is 1.10. The third-order valence-corrected chi connectivity index (χ3v) is 3.22. The van der Waals surface area contributed by atoms with Gasteiger partial charge in [0, 0.05) is 18.3 Å². The number of hydrogen-bond acceptors (Lipinski definition) is 5. The molecule has 0 spiro atoms. The van der Waals surface area contributed by atoms with Gasteiger partial charge in [0.15, 0.2) is 0 Å². The Kier molecular flexibility index (Phi) is 3.78. The number of nitrogens with zero attached hydrogens (tertiary/aromatic N) is 2. The fraction of sp³-hybridized carbons (Fsp3) is 0.500. The Morgan fingerprint density at radius 3 is 3.06 bits per heavy atom. The molecule has 1 aliphatic rings. The molecule has 6 heteroatoms. The van der Waals surface area contributed by atoms with Crippen LogP contribution in [0.5, 0.6) is 0 Å². The summed E-state index contributed by atoms with van der Waals surface area (Å²) in [7, 11) is 0. The lowest BCUT2D eigenvalue weighted by atomic mass is 10.1. The summed E-state index contributed by atoms with van der Waals surface area (Å²) in [6, 6.07) is 4.87. The number of nitro groups is 1. The van der Waals surface area contributed by atoms with E-state index in [9.17, 15) is 15.2 Å². The van der Waals surface area contributed by atoms with Crippen LogP contribution in [0.3, 0.4) is 0 Å². The van der Waals surface area contributed by atoms with Gasteiger partial charge in [-0.05, 0) is 13.0 Å². The van der Waals surface area contributed by atoms with E-state index in [1.165, 1.54) is 6.07 Å². The molecule has 1 aromatic carbocycles. The van der Waals surface area contributed by atoms with E-state index < -0.39 is 0 Å². The van der Waals surface area contributed by atoms with Crippen LogP contribution in [-0.4, -0.2) is 42.4 Å². The highest BCUT2D eigenvalue weighted by Crippen LogP contribution is 2.30. The Bertz CT molecular complexity index is 450. The van der Waals surface area contributed by atoms with Crippen LogP contribution in [0.25, 0.3) is 0 Å². The predicted molar refractivity (Wildman–Crippen MR) is 66.9 cm³/mol. The monoisotopic (exact) mass is 252 g/mol. The number of rotatable bonds is 3. The molecule has 0 radical (unpaired) electrons. The third-order valence-electron chi connectivity index (χ3n) is 3.22. The molecule has 1 unspecified atom stereocenters. The van der Waals surface area contributed by atoms with E-state index in [4.69, 9.17) is 4.74 Å². The third kappa shape index (κ3) is 2.30. The largest absolute Gasteiger partial charge is 0.394 e. The number of aliphatic hydroxyl groups excluding tert-OH is 1. The van der Waals surface area contributed by atoms with Gasteiger partial charge in [-0.1, -0.05) is 6.07 Å². The molecule has 1 aromatic rings. The van der Waals surface area contributed by atoms with Crippen molar-refractivity contribution < 1.29 is 14.8 Å². The average molecular weight is 252 g/mol. The second-order valence-corrected chi connectivity index (χ2v) is 4.28. The van der Waals surface area contributed by atoms with Crippen LogP contribution in [-0.2, 0) is 4.74 Å². The van der Waals surface area contributed by atoms with E-state index in [2.05, 4.69) is 0 Å². The summed E-state index contributed by atoms with van der Waals surface area (Å²) >= 11 is 0. The van der Waals surface area contributed by atoms with Crippen molar-refractivity contribution in [1.82, 2.24) is 0 Å². The lowest BCUT2D eigenvalue weighted by molar-refractivity contribution is -0.385. The minimum absolute atomic E-state index is 0.0257. The van der Waals surface area contributed by atoms with E-state index in [-0.39, 0.29) is 23.3 Å². The maximum absolute atomic E-state index is 10.9. The van der Waals surface area contributed by atoms with Gasteiger partial charge in [0.25, 0.3) is 5.69 Å². The normalized spacial score (nSPS) is 19.9. The molecule has 2 rings (SSSR count). The zero-order valence-corrected chi connectivity index (χ0v) is 10.2. The van der Waals surface area contributed by atoms with Gasteiger partial charge in [-0.2, -0.15) is 0 Å². The van der Waals surface area contributed by atoms with E-state index in [0.717, 1.165) is 5.69 Å². The molecule has 0 aromatic heterocycles. The zero-order valence-electron chi connectivity index (χ0n) is 10.2. The topological polar surface area (TPSA) is 75.8 Å². The van der Waals surface area contributed by atoms with Crippen LogP contribution in [0.1, 0.15) is 5.56 Å². The maximum Gasteiger partial charge on any atom is 0.274 e. The molecule has 18 heavy (non-hydrogen) atoms. The molecule has 6 nitrogen and oxygen atoms in total. The number of benzene rings is 1. The molecular formula is C12H16N2O4. The molecular weight excluding hydrogens is 236 g/mol. The first-order valence-electron chi connectivity index (χ1n) is 5.84. The quantitative estimate of drug-likeness (QED) is 0.644. The van der Waals surface area contributed by atoms with Crippen LogP contribution >= 0.6 is 0 Å². The number of ether oxygens (including phenoxy) is 1. The van der Waals surface area contributed by atoms with Gasteiger partial charge in [0.05, 0.1) is 36.3 Å². The van der Waals surface area contributed by atoms with Crippen molar-refractivity contribution in [2.45, 2.75) is 13.0 Å². The summed E-state index contributed by atoms with van der Waals surface area (Å²) in [6.07, 6.45) is 0. The highest BCUT2D eigenvalue weighted by atomic mass is 16.6. The van der Waals surface area contributed by atoms with Crippen LogP contribution in [0.2, 0.25) is 0 Å². The summed E-state index contributed by atoms with van der Waals surface area (Å²) in [5.41, 5.74) is 1.53. The summed E-state index contributed by atoms with van der Waals surface area (Å²) in [4.78, 5) is 12.5. The molecule has 0 saturated carbocycles. The van der Waals surface area contributed by atoms with E-state index in [0.29, 0.717) is 25.3 Å². The van der Waals surface area contributed by atoms with Crippen molar-refractivity contribution in [2.24, 2.45) is 0 Å². The smallest absolute Gasteiger partial charge is 0.274 e. The molecule has 1 aliphatic heterocycles. The first-order valence-corrected chi connectivity index (χ1v) is 5.84. The Balaban J connectivity index is 2.37. The van der Waals surface area contributed by atoms with Gasteiger partial charge >= 0.3 is 0 Å². The van der Waals surface area contributed by atoms with Crippen molar-refractivity contribution in [3.63, 3.8) is 0 Å². The van der Waals surface area contributed by atoms with E-state index in [1.54, 1.807) is 13.0 Å². The minimum atomic E-state index is -0.382. The van der Waals surface area contributed by atoms with E-state index in [1.807, 2.05) is 11.0 Å². The highest BCUT2D eigenvalue weighted by Gasteiger charge is 2.26. The maximum atomic E-state index is 10.9. The zero-order chi connectivity index (χ0) is 13.1. The highest BCUT2D eigenvalue weighted by molar-refractivity contribution is 5.62. The number of anilines is 1. The van der Waals surface area contributed by atoms with Crippen molar-refractivity contribution in [3.8, 4) is 0 Å². The Hall–Kier alpha value is -1.66. The fourth-order valence-corrected chi connectivity index (χ4v) is 2.24. The SMILES string of the molecule is Cc1c(N2CCOCC2CO)cccc1[N+](=O)[O-]. The summed E-state index contributed by atoms with van der Waals surface area (Å²) < 4.78 is 5.31. The van der Waals surface area contributed by atoms with Crippen molar-refractivity contribution in [3.05, 3.63) is 33.9 Å². The van der Waals surface area contributed by atoms with Gasteiger partial charge in [0.1, 0.15) is 0 Å². The standard InChI is InChI=1S/C12H16N2O4/c1-9-11(3-2-4-12(9)14(16)17)13-5-6-18-8-10(13)7-15/h2-4,10,15H,5-8H2,1H3. The Morgan fingerprint density at radius 2 is 2.39 bits per heavy atom. The number of hydrogen-bond donors (Lipinski definition) is 1. The van der Waals surface area contributed by atoms with Gasteiger partial charge in [-0.15, -0.1) is 0 Å². The first-order chi connectivity index (χ1) is 8.65. The lowest BCUT2D eigenvalue weighted by Crippen LogP contribution is -2.48. The van der Waals surface area contributed by atoms with Crippen LogP contribution < -0.4 is 4.90 Å². The van der Waals surface area contributed by atoms with Crippen LogP contribution in [0, 0.1) is 17.0 Å².